The first-order valence-corrected chi connectivity index (χ1v) is 12.2. The summed E-state index contributed by atoms with van der Waals surface area (Å²) in [5.41, 5.74) is 8.30. The van der Waals surface area contributed by atoms with Crippen molar-refractivity contribution in [3.63, 3.8) is 0 Å². The predicted octanol–water partition coefficient (Wildman–Crippen LogP) is 2.96. The van der Waals surface area contributed by atoms with E-state index in [0.717, 1.165) is 57.5 Å². The number of carbonyl (C=O) groups excluding carboxylic acids is 2. The number of primary amides is 1. The van der Waals surface area contributed by atoms with Crippen molar-refractivity contribution >= 4 is 11.8 Å². The van der Waals surface area contributed by atoms with Crippen molar-refractivity contribution in [2.75, 3.05) is 39.8 Å². The Morgan fingerprint density at radius 3 is 2.42 bits per heavy atom. The highest BCUT2D eigenvalue weighted by atomic mass is 16.2. The zero-order valence-electron chi connectivity index (χ0n) is 19.6. The molecule has 1 saturated heterocycles. The number of carbonyl (C=O) groups is 2. The molecule has 2 aromatic rings. The lowest BCUT2D eigenvalue weighted by molar-refractivity contribution is -0.134. The Morgan fingerprint density at radius 2 is 1.70 bits per heavy atom. The molecule has 0 bridgehead atoms. The lowest BCUT2D eigenvalue weighted by Crippen LogP contribution is -2.48. The maximum Gasteiger partial charge on any atom is 0.249 e. The molecule has 2 fully saturated rings. The minimum absolute atomic E-state index is 0.121. The first-order valence-electron chi connectivity index (χ1n) is 12.2. The van der Waals surface area contributed by atoms with E-state index in [1.165, 1.54) is 12.0 Å². The Bertz CT molecular complexity index is 940. The van der Waals surface area contributed by atoms with Crippen molar-refractivity contribution in [1.82, 2.24) is 15.1 Å². The van der Waals surface area contributed by atoms with E-state index in [2.05, 4.69) is 47.6 Å². The number of hydrogen-bond acceptors (Lipinski definition) is 4. The van der Waals surface area contributed by atoms with Crippen molar-refractivity contribution in [3.8, 4) is 0 Å². The van der Waals surface area contributed by atoms with Crippen LogP contribution in [0, 0.1) is 0 Å². The molecule has 1 heterocycles. The first-order chi connectivity index (χ1) is 16.0. The number of unbranched alkanes of at least 4 members (excludes halogenated alkanes) is 1. The number of piperazine rings is 1. The van der Waals surface area contributed by atoms with E-state index in [1.807, 2.05) is 23.1 Å². The smallest absolute Gasteiger partial charge is 0.249 e. The number of nitrogens with zero attached hydrogens (tertiary/aromatic N) is 2. The van der Waals surface area contributed by atoms with Crippen LogP contribution in [0.4, 0.5) is 0 Å². The molecule has 3 N–H and O–H groups in total. The van der Waals surface area contributed by atoms with Gasteiger partial charge in [-0.2, -0.15) is 0 Å². The monoisotopic (exact) mass is 448 g/mol. The minimum Gasteiger partial charge on any atom is -0.366 e. The van der Waals surface area contributed by atoms with Crippen LogP contribution in [0.5, 0.6) is 0 Å². The van der Waals surface area contributed by atoms with Gasteiger partial charge in [0.05, 0.1) is 5.92 Å². The highest BCUT2D eigenvalue weighted by Gasteiger charge is 2.37. The van der Waals surface area contributed by atoms with Crippen LogP contribution in [-0.2, 0) is 4.79 Å². The molecule has 2 aliphatic rings. The third-order valence-corrected chi connectivity index (χ3v) is 7.06. The molecule has 0 spiro atoms. The van der Waals surface area contributed by atoms with E-state index in [1.54, 1.807) is 6.07 Å². The van der Waals surface area contributed by atoms with Gasteiger partial charge < -0.3 is 20.9 Å². The number of nitrogens with one attached hydrogen (secondary N) is 1. The van der Waals surface area contributed by atoms with Crippen LogP contribution in [0.15, 0.2) is 54.6 Å². The second-order valence-corrected chi connectivity index (χ2v) is 9.44. The van der Waals surface area contributed by atoms with E-state index >= 15 is 0 Å². The van der Waals surface area contributed by atoms with Crippen molar-refractivity contribution in [2.24, 2.45) is 5.73 Å². The topological polar surface area (TPSA) is 78.7 Å². The molecule has 6 nitrogen and oxygen atoms in total. The van der Waals surface area contributed by atoms with E-state index < -0.39 is 5.91 Å². The second-order valence-electron chi connectivity index (χ2n) is 9.44. The first kappa shape index (κ1) is 23.5. The van der Waals surface area contributed by atoms with Gasteiger partial charge in [-0.05, 0) is 50.0 Å². The summed E-state index contributed by atoms with van der Waals surface area (Å²) in [6.07, 6.45) is 3.85. The van der Waals surface area contributed by atoms with E-state index in [0.29, 0.717) is 17.5 Å². The lowest BCUT2D eigenvalue weighted by atomic mass is 9.88. The Labute approximate surface area is 197 Å². The number of benzene rings is 2. The molecule has 176 valence electrons. The Balaban J connectivity index is 1.33. The predicted molar refractivity (Wildman–Crippen MR) is 131 cm³/mol. The largest absolute Gasteiger partial charge is 0.366 e. The molecule has 0 radical (unpaired) electrons. The maximum absolute atomic E-state index is 13.5. The normalized spacial score (nSPS) is 21.5. The van der Waals surface area contributed by atoms with Gasteiger partial charge >= 0.3 is 0 Å². The summed E-state index contributed by atoms with van der Waals surface area (Å²) >= 11 is 0. The van der Waals surface area contributed by atoms with Crippen molar-refractivity contribution in [2.45, 2.75) is 43.6 Å². The Kier molecular flexibility index (Phi) is 7.78. The van der Waals surface area contributed by atoms with Crippen LogP contribution in [0.25, 0.3) is 0 Å². The summed E-state index contributed by atoms with van der Waals surface area (Å²) in [6.45, 7) is 4.16. The quantitative estimate of drug-likeness (QED) is 0.548. The summed E-state index contributed by atoms with van der Waals surface area (Å²) in [4.78, 5) is 29.7. The van der Waals surface area contributed by atoms with Crippen LogP contribution >= 0.6 is 0 Å². The van der Waals surface area contributed by atoms with E-state index in [9.17, 15) is 9.59 Å². The molecule has 0 aromatic heterocycles. The SMILES string of the molecule is CN1CCN(C(=O)[C@@H](CCCCN[C@@H]2C[C@H]2c2ccccc2)c2ccccc2C(N)=O)CC1. The third kappa shape index (κ3) is 6.01. The van der Waals surface area contributed by atoms with Gasteiger partial charge in [-0.1, -0.05) is 55.0 Å². The fourth-order valence-corrected chi connectivity index (χ4v) is 4.93. The van der Waals surface area contributed by atoms with Gasteiger partial charge in [-0.3, -0.25) is 9.59 Å². The molecule has 2 aromatic carbocycles. The van der Waals surface area contributed by atoms with Gasteiger partial charge in [-0.25, -0.2) is 0 Å². The van der Waals surface area contributed by atoms with E-state index in [-0.39, 0.29) is 11.8 Å². The molecule has 3 atom stereocenters. The highest BCUT2D eigenvalue weighted by molar-refractivity contribution is 5.97. The zero-order valence-corrected chi connectivity index (χ0v) is 19.6. The number of amides is 2. The fourth-order valence-electron chi connectivity index (χ4n) is 4.93. The van der Waals surface area contributed by atoms with Crippen LogP contribution in [0.2, 0.25) is 0 Å². The molecular formula is C27H36N4O2. The molecule has 0 unspecified atom stereocenters. The molecular weight excluding hydrogens is 412 g/mol. The maximum atomic E-state index is 13.5. The van der Waals surface area contributed by atoms with Crippen LogP contribution in [-0.4, -0.2) is 67.4 Å². The summed E-state index contributed by atoms with van der Waals surface area (Å²) in [5, 5.41) is 3.67. The third-order valence-electron chi connectivity index (χ3n) is 7.06. The minimum atomic E-state index is -0.468. The number of likely N-dealkylation sites (N-methyl/N-ethyl adjacent to an activating group) is 1. The fraction of sp³-hybridized carbons (Fsp3) is 0.481. The number of hydrogen-bond donors (Lipinski definition) is 2. The number of nitrogens with two attached hydrogens (primary N) is 1. The lowest BCUT2D eigenvalue weighted by Gasteiger charge is -2.35. The van der Waals surface area contributed by atoms with Gasteiger partial charge in [0.25, 0.3) is 0 Å². The summed E-state index contributed by atoms with van der Waals surface area (Å²) in [5.74, 6) is -0.0458. The highest BCUT2D eigenvalue weighted by Crippen LogP contribution is 2.40. The van der Waals surface area contributed by atoms with Crippen LogP contribution in [0.3, 0.4) is 0 Å². The van der Waals surface area contributed by atoms with Gasteiger partial charge in [0.1, 0.15) is 0 Å². The van der Waals surface area contributed by atoms with Crippen molar-refractivity contribution in [1.29, 1.82) is 0 Å². The molecule has 2 amide bonds. The van der Waals surface area contributed by atoms with Gasteiger partial charge in [0.15, 0.2) is 0 Å². The summed E-state index contributed by atoms with van der Waals surface area (Å²) in [6, 6.07) is 18.6. The van der Waals surface area contributed by atoms with Gasteiger partial charge in [0, 0.05) is 43.7 Å². The summed E-state index contributed by atoms with van der Waals surface area (Å²) < 4.78 is 0. The average molecular weight is 449 g/mol. The second kappa shape index (κ2) is 10.9. The molecule has 1 aliphatic carbocycles. The molecule has 1 aliphatic heterocycles. The molecule has 1 saturated carbocycles. The average Bonchev–Trinajstić information content (AvgIpc) is 3.62. The van der Waals surface area contributed by atoms with Gasteiger partial charge in [-0.15, -0.1) is 0 Å². The van der Waals surface area contributed by atoms with Crippen molar-refractivity contribution < 1.29 is 9.59 Å². The number of rotatable bonds is 10. The Hall–Kier alpha value is -2.70. The van der Waals surface area contributed by atoms with Crippen molar-refractivity contribution in [3.05, 3.63) is 71.3 Å². The van der Waals surface area contributed by atoms with Crippen LogP contribution in [0.1, 0.15) is 59.0 Å². The molecule has 6 heteroatoms. The molecule has 4 rings (SSSR count). The standard InChI is InChI=1S/C27H36N4O2/c1-30-15-17-31(18-16-30)27(33)23(21-11-5-6-12-22(21)26(28)32)13-7-8-14-29-25-19-24(25)20-9-3-2-4-10-20/h2-6,9-12,23-25,29H,7-8,13-19H2,1H3,(H2,28,32)/t23-,24-,25+/m0/s1. The van der Waals surface area contributed by atoms with E-state index in [4.69, 9.17) is 5.73 Å². The Morgan fingerprint density at radius 1 is 1.00 bits per heavy atom. The summed E-state index contributed by atoms with van der Waals surface area (Å²) in [7, 11) is 2.08. The van der Waals surface area contributed by atoms with Crippen LogP contribution < -0.4 is 11.1 Å². The molecule has 33 heavy (non-hydrogen) atoms. The zero-order chi connectivity index (χ0) is 23.2. The van der Waals surface area contributed by atoms with Gasteiger partial charge in [0.2, 0.25) is 11.8 Å².